The zero-order valence-electron chi connectivity index (χ0n) is 15.5. The third-order valence-electron chi connectivity index (χ3n) is 5.00. The Morgan fingerprint density at radius 2 is 1.89 bits per heavy atom. The first kappa shape index (κ1) is 17.2. The van der Waals surface area contributed by atoms with Crippen molar-refractivity contribution in [2.24, 2.45) is 0 Å². The number of aromatic nitrogens is 2. The Labute approximate surface area is 157 Å². The Bertz CT molecular complexity index is 1080. The molecule has 0 fully saturated rings. The van der Waals surface area contributed by atoms with Crippen LogP contribution in [0.4, 0.5) is 5.69 Å². The lowest BCUT2D eigenvalue weighted by atomic mass is 10.0. The van der Waals surface area contributed by atoms with E-state index in [4.69, 9.17) is 0 Å². The van der Waals surface area contributed by atoms with Gasteiger partial charge in [0.15, 0.2) is 0 Å². The van der Waals surface area contributed by atoms with Crippen LogP contribution in [0.15, 0.2) is 59.4 Å². The molecule has 2 heterocycles. The van der Waals surface area contributed by atoms with Crippen molar-refractivity contribution < 1.29 is 4.79 Å². The third-order valence-corrected chi connectivity index (χ3v) is 5.00. The van der Waals surface area contributed by atoms with E-state index < -0.39 is 0 Å². The molecule has 0 saturated heterocycles. The van der Waals surface area contributed by atoms with Gasteiger partial charge in [-0.1, -0.05) is 42.0 Å². The summed E-state index contributed by atoms with van der Waals surface area (Å²) in [6, 6.07) is 17.2. The predicted molar refractivity (Wildman–Crippen MR) is 106 cm³/mol. The van der Waals surface area contributed by atoms with Crippen molar-refractivity contribution in [3.8, 4) is 11.3 Å². The number of nitrogens with zero attached hydrogens (tertiary/aromatic N) is 3. The molecule has 1 aliphatic rings. The van der Waals surface area contributed by atoms with E-state index in [9.17, 15) is 9.59 Å². The van der Waals surface area contributed by atoms with Crippen LogP contribution in [0.3, 0.4) is 0 Å². The number of aryl methyl sites for hydroxylation is 2. The summed E-state index contributed by atoms with van der Waals surface area (Å²) in [5, 5.41) is 4.46. The molecule has 1 aliphatic heterocycles. The van der Waals surface area contributed by atoms with Gasteiger partial charge >= 0.3 is 0 Å². The number of carbonyl (C=O) groups excluding carboxylic acids is 1. The highest BCUT2D eigenvalue weighted by atomic mass is 16.2. The third kappa shape index (κ3) is 3.28. The molecule has 5 nitrogen and oxygen atoms in total. The van der Waals surface area contributed by atoms with Gasteiger partial charge in [-0.2, -0.15) is 5.10 Å². The summed E-state index contributed by atoms with van der Waals surface area (Å²) in [5.41, 5.74) is 5.75. The highest BCUT2D eigenvalue weighted by Gasteiger charge is 2.24. The number of carbonyl (C=O) groups is 1. The standard InChI is InChI=1S/C22H21N3O2/c1-15-7-8-18(16(2)13-15)19-9-10-21(26)25(23-19)14-22(27)24-12-11-17-5-3-4-6-20(17)24/h3-10,13H,11-12,14H2,1-2H3. The minimum atomic E-state index is -0.274. The summed E-state index contributed by atoms with van der Waals surface area (Å²) in [4.78, 5) is 26.8. The van der Waals surface area contributed by atoms with Crippen LogP contribution in [0.25, 0.3) is 11.3 Å². The fourth-order valence-corrected chi connectivity index (χ4v) is 3.62. The maximum absolute atomic E-state index is 12.8. The minimum Gasteiger partial charge on any atom is -0.310 e. The molecule has 136 valence electrons. The van der Waals surface area contributed by atoms with Gasteiger partial charge in [0.25, 0.3) is 5.56 Å². The number of rotatable bonds is 3. The number of amides is 1. The second-order valence-electron chi connectivity index (χ2n) is 6.96. The fraction of sp³-hybridized carbons (Fsp3) is 0.227. The highest BCUT2D eigenvalue weighted by molar-refractivity contribution is 5.95. The Kier molecular flexibility index (Phi) is 4.36. The molecule has 3 aromatic rings. The minimum absolute atomic E-state index is 0.0636. The Balaban J connectivity index is 1.63. The van der Waals surface area contributed by atoms with Gasteiger partial charge in [0.1, 0.15) is 6.54 Å². The van der Waals surface area contributed by atoms with Crippen LogP contribution in [0.2, 0.25) is 0 Å². The summed E-state index contributed by atoms with van der Waals surface area (Å²) >= 11 is 0. The van der Waals surface area contributed by atoms with Gasteiger partial charge in [0.2, 0.25) is 5.91 Å². The molecule has 0 aliphatic carbocycles. The van der Waals surface area contributed by atoms with Crippen LogP contribution in [-0.4, -0.2) is 22.2 Å². The molecule has 0 bridgehead atoms. The van der Waals surface area contributed by atoms with E-state index in [1.54, 1.807) is 11.0 Å². The van der Waals surface area contributed by atoms with Gasteiger partial charge in [-0.3, -0.25) is 9.59 Å². The maximum atomic E-state index is 12.8. The fourth-order valence-electron chi connectivity index (χ4n) is 3.62. The van der Waals surface area contributed by atoms with E-state index in [1.807, 2.05) is 50.2 Å². The van der Waals surface area contributed by atoms with Crippen LogP contribution in [0.5, 0.6) is 0 Å². The van der Waals surface area contributed by atoms with Gasteiger partial charge in [-0.05, 0) is 43.5 Å². The number of para-hydroxylation sites is 1. The van der Waals surface area contributed by atoms with Crippen LogP contribution < -0.4 is 10.5 Å². The van der Waals surface area contributed by atoms with Gasteiger partial charge in [-0.25, -0.2) is 4.68 Å². The van der Waals surface area contributed by atoms with Crippen molar-refractivity contribution in [2.75, 3.05) is 11.4 Å². The number of hydrogen-bond donors (Lipinski definition) is 0. The lowest BCUT2D eigenvalue weighted by Crippen LogP contribution is -2.36. The first-order chi connectivity index (χ1) is 13.0. The van der Waals surface area contributed by atoms with Crippen molar-refractivity contribution in [1.82, 2.24) is 9.78 Å². The van der Waals surface area contributed by atoms with Gasteiger partial charge in [-0.15, -0.1) is 0 Å². The van der Waals surface area contributed by atoms with Crippen LogP contribution in [0.1, 0.15) is 16.7 Å². The quantitative estimate of drug-likeness (QED) is 0.722. The normalized spacial score (nSPS) is 12.9. The van der Waals surface area contributed by atoms with E-state index in [2.05, 4.69) is 11.2 Å². The molecule has 0 N–H and O–H groups in total. The lowest BCUT2D eigenvalue weighted by Gasteiger charge is -2.18. The van der Waals surface area contributed by atoms with Crippen LogP contribution in [-0.2, 0) is 17.8 Å². The topological polar surface area (TPSA) is 55.2 Å². The summed E-state index contributed by atoms with van der Waals surface area (Å²) in [7, 11) is 0. The molecule has 0 unspecified atom stereocenters. The van der Waals surface area contributed by atoms with E-state index in [-0.39, 0.29) is 18.0 Å². The SMILES string of the molecule is Cc1ccc(-c2ccc(=O)n(CC(=O)N3CCc4ccccc43)n2)c(C)c1. The molecule has 1 amide bonds. The average Bonchev–Trinajstić information content (AvgIpc) is 3.08. The number of benzene rings is 2. The van der Waals surface area contributed by atoms with E-state index in [0.29, 0.717) is 12.2 Å². The smallest absolute Gasteiger partial charge is 0.267 e. The molecule has 0 radical (unpaired) electrons. The Morgan fingerprint density at radius 3 is 2.70 bits per heavy atom. The van der Waals surface area contributed by atoms with Gasteiger partial charge in [0.05, 0.1) is 5.69 Å². The first-order valence-corrected chi connectivity index (χ1v) is 9.07. The van der Waals surface area contributed by atoms with Crippen molar-refractivity contribution in [3.63, 3.8) is 0 Å². The molecule has 0 atom stereocenters. The molecule has 0 spiro atoms. The lowest BCUT2D eigenvalue weighted by molar-refractivity contribution is -0.119. The maximum Gasteiger partial charge on any atom is 0.267 e. The average molecular weight is 359 g/mol. The number of hydrogen-bond acceptors (Lipinski definition) is 3. The Morgan fingerprint density at radius 1 is 1.07 bits per heavy atom. The molecule has 5 heteroatoms. The number of fused-ring (bicyclic) bond motifs is 1. The van der Waals surface area contributed by atoms with E-state index >= 15 is 0 Å². The summed E-state index contributed by atoms with van der Waals surface area (Å²) in [6.07, 6.45) is 0.840. The zero-order chi connectivity index (χ0) is 19.0. The molecule has 1 aromatic heterocycles. The van der Waals surface area contributed by atoms with Gasteiger partial charge < -0.3 is 4.90 Å². The molecule has 0 saturated carbocycles. The second kappa shape index (κ2) is 6.83. The van der Waals surface area contributed by atoms with Crippen LogP contribution in [0, 0.1) is 13.8 Å². The number of anilines is 1. The summed E-state index contributed by atoms with van der Waals surface area (Å²) in [5.74, 6) is -0.118. The van der Waals surface area contributed by atoms with Crippen molar-refractivity contribution >= 4 is 11.6 Å². The zero-order valence-corrected chi connectivity index (χ0v) is 15.5. The van der Waals surface area contributed by atoms with Crippen molar-refractivity contribution in [2.45, 2.75) is 26.8 Å². The van der Waals surface area contributed by atoms with Gasteiger partial charge in [0, 0.05) is 23.9 Å². The second-order valence-corrected chi connectivity index (χ2v) is 6.96. The molecular weight excluding hydrogens is 338 g/mol. The van der Waals surface area contributed by atoms with E-state index in [0.717, 1.165) is 28.8 Å². The van der Waals surface area contributed by atoms with Crippen LogP contribution >= 0.6 is 0 Å². The Hall–Kier alpha value is -3.21. The van der Waals surface area contributed by atoms with Crippen molar-refractivity contribution in [1.29, 1.82) is 0 Å². The highest BCUT2D eigenvalue weighted by Crippen LogP contribution is 2.27. The van der Waals surface area contributed by atoms with Crippen molar-refractivity contribution in [3.05, 3.63) is 81.6 Å². The summed E-state index contributed by atoms with van der Waals surface area (Å²) < 4.78 is 1.26. The largest absolute Gasteiger partial charge is 0.310 e. The molecule has 2 aromatic carbocycles. The monoisotopic (exact) mass is 359 g/mol. The molecule has 27 heavy (non-hydrogen) atoms. The molecular formula is C22H21N3O2. The van der Waals surface area contributed by atoms with E-state index in [1.165, 1.54) is 16.3 Å². The first-order valence-electron chi connectivity index (χ1n) is 9.07. The predicted octanol–water partition coefficient (Wildman–Crippen LogP) is 3.12. The summed E-state index contributed by atoms with van der Waals surface area (Å²) in [6.45, 7) is 4.64. The molecule has 4 rings (SSSR count).